The molecule has 0 spiro atoms. The summed E-state index contributed by atoms with van der Waals surface area (Å²) in [4.78, 5) is 0. The third-order valence-electron chi connectivity index (χ3n) is 9.26. The molecule has 0 N–H and O–H groups in total. The van der Waals surface area contributed by atoms with E-state index in [2.05, 4.69) is 140 Å². The Bertz CT molecular complexity index is 2720. The Hall–Kier alpha value is -5.44. The molecular weight excluding hydrogens is 553 g/mol. The minimum Gasteiger partial charge on any atom is -0.455 e. The maximum absolute atomic E-state index is 6.56. The van der Waals surface area contributed by atoms with Crippen molar-refractivity contribution in [2.24, 2.45) is 0 Å². The first kappa shape index (κ1) is 24.0. The number of rotatable bonds is 2. The van der Waals surface area contributed by atoms with E-state index < -0.39 is 0 Å². The molecule has 0 amide bonds. The average molecular weight is 577 g/mol. The summed E-state index contributed by atoms with van der Waals surface area (Å²) in [6.07, 6.45) is 0. The molecule has 8 aromatic carbocycles. The van der Waals surface area contributed by atoms with Crippen molar-refractivity contribution in [2.75, 3.05) is 0 Å². The van der Waals surface area contributed by atoms with Gasteiger partial charge in [-0.1, -0.05) is 133 Å². The summed E-state index contributed by atoms with van der Waals surface area (Å²) in [5.41, 5.74) is 6.74. The van der Waals surface area contributed by atoms with Gasteiger partial charge in [-0.05, 0) is 55.6 Å². The van der Waals surface area contributed by atoms with Crippen molar-refractivity contribution in [3.05, 3.63) is 146 Å². The molecule has 0 fully saturated rings. The van der Waals surface area contributed by atoms with Crippen LogP contribution in [0.25, 0.3) is 96.7 Å². The topological polar surface area (TPSA) is 13.1 Å². The van der Waals surface area contributed by atoms with E-state index in [9.17, 15) is 0 Å². The van der Waals surface area contributed by atoms with Crippen LogP contribution < -0.4 is 0 Å². The number of hydrogen-bond acceptors (Lipinski definition) is 2. The minimum absolute atomic E-state index is 0.921. The predicted octanol–water partition coefficient (Wildman–Crippen LogP) is 12.7. The van der Waals surface area contributed by atoms with Crippen LogP contribution in [0.4, 0.5) is 0 Å². The molecule has 44 heavy (non-hydrogen) atoms. The second kappa shape index (κ2) is 9.03. The molecule has 0 atom stereocenters. The average Bonchev–Trinajstić information content (AvgIpc) is 3.65. The highest BCUT2D eigenvalue weighted by Gasteiger charge is 2.20. The SMILES string of the molecule is c1ccc2c(c1)ccc1c3ccc(-c4c5ccccc5c(-c5cccc6c5oc5ccccc56)c5ccccc45)cc3sc21. The maximum Gasteiger partial charge on any atom is 0.143 e. The molecule has 10 aromatic rings. The van der Waals surface area contributed by atoms with E-state index in [-0.39, 0.29) is 0 Å². The molecule has 0 saturated heterocycles. The van der Waals surface area contributed by atoms with Crippen LogP contribution in [-0.2, 0) is 0 Å². The first-order valence-corrected chi connectivity index (χ1v) is 15.8. The van der Waals surface area contributed by atoms with E-state index in [1.54, 1.807) is 0 Å². The Labute approximate surface area is 257 Å². The third-order valence-corrected chi connectivity index (χ3v) is 10.5. The Morgan fingerprint density at radius 3 is 1.80 bits per heavy atom. The lowest BCUT2D eigenvalue weighted by Crippen LogP contribution is -1.91. The van der Waals surface area contributed by atoms with E-state index in [1.807, 2.05) is 17.4 Å². The van der Waals surface area contributed by atoms with Crippen LogP contribution >= 0.6 is 11.3 Å². The second-order valence-electron chi connectivity index (χ2n) is 11.6. The van der Waals surface area contributed by atoms with Crippen LogP contribution in [0.3, 0.4) is 0 Å². The number of hydrogen-bond donors (Lipinski definition) is 0. The number of para-hydroxylation sites is 2. The highest BCUT2D eigenvalue weighted by molar-refractivity contribution is 7.26. The molecule has 0 saturated carbocycles. The molecule has 2 heterocycles. The quantitative estimate of drug-likeness (QED) is 0.187. The molecule has 2 heteroatoms. The number of fused-ring (bicyclic) bond motifs is 10. The molecule has 0 aliphatic heterocycles. The molecule has 0 bridgehead atoms. The molecule has 2 aromatic heterocycles. The maximum atomic E-state index is 6.56. The fraction of sp³-hybridized carbons (Fsp3) is 0. The van der Waals surface area contributed by atoms with Gasteiger partial charge in [-0.15, -0.1) is 11.3 Å². The smallest absolute Gasteiger partial charge is 0.143 e. The van der Waals surface area contributed by atoms with Crippen molar-refractivity contribution in [2.45, 2.75) is 0 Å². The van der Waals surface area contributed by atoms with E-state index >= 15 is 0 Å². The summed E-state index contributed by atoms with van der Waals surface area (Å²) >= 11 is 1.90. The van der Waals surface area contributed by atoms with Gasteiger partial charge in [0.15, 0.2) is 0 Å². The zero-order chi connectivity index (χ0) is 28.8. The van der Waals surface area contributed by atoms with Gasteiger partial charge in [0.2, 0.25) is 0 Å². The molecule has 0 radical (unpaired) electrons. The van der Waals surface area contributed by atoms with Gasteiger partial charge in [-0.25, -0.2) is 0 Å². The minimum atomic E-state index is 0.921. The van der Waals surface area contributed by atoms with Crippen molar-refractivity contribution in [1.29, 1.82) is 0 Å². The Morgan fingerprint density at radius 2 is 1.02 bits per heavy atom. The molecule has 0 aliphatic rings. The summed E-state index contributed by atoms with van der Waals surface area (Å²) in [6, 6.07) is 52.9. The highest BCUT2D eigenvalue weighted by Crippen LogP contribution is 2.47. The lowest BCUT2D eigenvalue weighted by molar-refractivity contribution is 0.670. The van der Waals surface area contributed by atoms with Crippen molar-refractivity contribution < 1.29 is 4.42 Å². The Kier molecular flexibility index (Phi) is 4.94. The van der Waals surface area contributed by atoms with Crippen LogP contribution in [0.1, 0.15) is 0 Å². The standard InChI is InChI=1S/C42H24OS/c1-2-11-27-25(10-1)20-23-35-29-22-21-26(24-38(29)44-42(27)35)39-30-13-3-5-15-32(30)40(33-16-6-4-14-31(33)39)36-18-9-17-34-28-12-7-8-19-37(28)43-41(34)36/h1-24H. The van der Waals surface area contributed by atoms with Gasteiger partial charge in [0, 0.05) is 42.1 Å². The Morgan fingerprint density at radius 1 is 0.409 bits per heavy atom. The first-order valence-electron chi connectivity index (χ1n) is 15.0. The summed E-state index contributed by atoms with van der Waals surface area (Å²) < 4.78 is 9.24. The second-order valence-corrected chi connectivity index (χ2v) is 12.7. The number of furan rings is 1. The third kappa shape index (κ3) is 3.29. The lowest BCUT2D eigenvalue weighted by Gasteiger charge is -2.18. The summed E-state index contributed by atoms with van der Waals surface area (Å²) in [5.74, 6) is 0. The van der Waals surface area contributed by atoms with Crippen molar-refractivity contribution in [3.63, 3.8) is 0 Å². The van der Waals surface area contributed by atoms with Gasteiger partial charge in [0.1, 0.15) is 11.2 Å². The number of benzene rings is 8. The van der Waals surface area contributed by atoms with Gasteiger partial charge >= 0.3 is 0 Å². The van der Waals surface area contributed by atoms with E-state index in [0.717, 1.165) is 27.5 Å². The van der Waals surface area contributed by atoms with Crippen molar-refractivity contribution in [1.82, 2.24) is 0 Å². The van der Waals surface area contributed by atoms with Crippen molar-refractivity contribution in [3.8, 4) is 22.3 Å². The highest BCUT2D eigenvalue weighted by atomic mass is 32.1. The van der Waals surface area contributed by atoms with Gasteiger partial charge in [-0.2, -0.15) is 0 Å². The zero-order valence-electron chi connectivity index (χ0n) is 23.7. The van der Waals surface area contributed by atoms with Crippen molar-refractivity contribution >= 4 is 85.8 Å². The van der Waals surface area contributed by atoms with Crippen LogP contribution in [0.2, 0.25) is 0 Å². The van der Waals surface area contributed by atoms with E-state index in [1.165, 1.54) is 69.2 Å². The first-order chi connectivity index (χ1) is 21.8. The van der Waals surface area contributed by atoms with Gasteiger partial charge in [0.25, 0.3) is 0 Å². The van der Waals surface area contributed by atoms with Gasteiger partial charge in [0.05, 0.1) is 0 Å². The van der Waals surface area contributed by atoms with E-state index in [0.29, 0.717) is 0 Å². The molecule has 10 rings (SSSR count). The van der Waals surface area contributed by atoms with E-state index in [4.69, 9.17) is 4.42 Å². The molecule has 0 aliphatic carbocycles. The van der Waals surface area contributed by atoms with Crippen LogP contribution in [-0.4, -0.2) is 0 Å². The van der Waals surface area contributed by atoms with Gasteiger partial charge < -0.3 is 4.42 Å². The molecule has 204 valence electrons. The molecule has 0 unspecified atom stereocenters. The summed E-state index contributed by atoms with van der Waals surface area (Å²) in [6.45, 7) is 0. The van der Waals surface area contributed by atoms with Crippen LogP contribution in [0.5, 0.6) is 0 Å². The fourth-order valence-corrected chi connectivity index (χ4v) is 8.61. The number of thiophene rings is 1. The zero-order valence-corrected chi connectivity index (χ0v) is 24.5. The normalized spacial score (nSPS) is 12.1. The Balaban J connectivity index is 1.29. The van der Waals surface area contributed by atoms with Gasteiger partial charge in [-0.3, -0.25) is 0 Å². The lowest BCUT2D eigenvalue weighted by atomic mass is 9.85. The fourth-order valence-electron chi connectivity index (χ4n) is 7.33. The predicted molar refractivity (Wildman–Crippen MR) is 190 cm³/mol. The summed E-state index contributed by atoms with van der Waals surface area (Å²) in [5, 5.41) is 12.5. The monoisotopic (exact) mass is 576 g/mol. The summed E-state index contributed by atoms with van der Waals surface area (Å²) in [7, 11) is 0. The molecular formula is C42H24OS. The van der Waals surface area contributed by atoms with Crippen LogP contribution in [0, 0.1) is 0 Å². The molecule has 1 nitrogen and oxygen atoms in total. The largest absolute Gasteiger partial charge is 0.455 e. The van der Waals surface area contributed by atoms with Crippen LogP contribution in [0.15, 0.2) is 150 Å².